The fraction of sp³-hybridized carbons (Fsp3) is 0.480. The highest BCUT2D eigenvalue weighted by molar-refractivity contribution is 6.31. The number of halogens is 5. The first-order valence-electron chi connectivity index (χ1n) is 12.2. The van der Waals surface area contributed by atoms with E-state index in [1.165, 1.54) is 29.8 Å². The van der Waals surface area contributed by atoms with Crippen LogP contribution in [0.3, 0.4) is 0 Å². The van der Waals surface area contributed by atoms with Crippen molar-refractivity contribution in [3.63, 3.8) is 0 Å². The minimum absolute atomic E-state index is 0.111. The van der Waals surface area contributed by atoms with E-state index in [0.29, 0.717) is 24.0 Å². The van der Waals surface area contributed by atoms with Crippen LogP contribution in [-0.4, -0.2) is 60.7 Å². The number of pyridine rings is 1. The van der Waals surface area contributed by atoms with Gasteiger partial charge in [0.05, 0.1) is 11.1 Å². The van der Waals surface area contributed by atoms with Crippen LogP contribution in [0.25, 0.3) is 10.9 Å². The lowest BCUT2D eigenvalue weighted by Crippen LogP contribution is -2.43. The number of hydrogen-bond acceptors (Lipinski definition) is 5. The molecule has 2 aliphatic heterocycles. The normalized spacial score (nSPS) is 20.7. The second-order valence-corrected chi connectivity index (χ2v) is 10.3. The lowest BCUT2D eigenvalue weighted by molar-refractivity contribution is -0.141. The van der Waals surface area contributed by atoms with Crippen LogP contribution in [0.5, 0.6) is 0 Å². The summed E-state index contributed by atoms with van der Waals surface area (Å²) < 4.78 is 39.5. The maximum atomic E-state index is 13.2. The molecular formula is C25H29Cl2F3N6. The average molecular weight is 541 g/mol. The van der Waals surface area contributed by atoms with E-state index in [-0.39, 0.29) is 11.9 Å². The lowest BCUT2D eigenvalue weighted by atomic mass is 9.97. The number of rotatable bonds is 8. The lowest BCUT2D eigenvalue weighted by Gasteiger charge is -2.36. The summed E-state index contributed by atoms with van der Waals surface area (Å²) in [6.07, 6.45) is -2.55. The third-order valence-corrected chi connectivity index (χ3v) is 7.62. The molecule has 0 radical (unpaired) electrons. The molecule has 4 N–H and O–H groups in total. The number of anilines is 1. The molecule has 1 aromatic carbocycles. The second kappa shape index (κ2) is 10.8. The van der Waals surface area contributed by atoms with Gasteiger partial charge < -0.3 is 20.9 Å². The molecule has 0 saturated carbocycles. The van der Waals surface area contributed by atoms with Crippen molar-refractivity contribution in [3.05, 3.63) is 57.3 Å². The molecule has 194 valence electrons. The molecule has 1 saturated heterocycles. The summed E-state index contributed by atoms with van der Waals surface area (Å²) in [4.78, 5) is 9.67. The Kier molecular flexibility index (Phi) is 7.65. The number of aromatic nitrogens is 2. The topological polar surface area (TPSA) is 68.0 Å². The van der Waals surface area contributed by atoms with Gasteiger partial charge in [-0.3, -0.25) is 4.90 Å². The van der Waals surface area contributed by atoms with Gasteiger partial charge >= 0.3 is 6.18 Å². The van der Waals surface area contributed by atoms with E-state index in [9.17, 15) is 13.2 Å². The third kappa shape index (κ3) is 5.60. The van der Waals surface area contributed by atoms with Crippen molar-refractivity contribution in [1.29, 1.82) is 0 Å². The summed E-state index contributed by atoms with van der Waals surface area (Å²) in [5.74, 6) is 0.789. The fourth-order valence-corrected chi connectivity index (χ4v) is 5.65. The molecule has 0 spiro atoms. The van der Waals surface area contributed by atoms with Gasteiger partial charge in [-0.1, -0.05) is 23.2 Å². The summed E-state index contributed by atoms with van der Waals surface area (Å²) >= 11 is 12.0. The monoisotopic (exact) mass is 540 g/mol. The zero-order chi connectivity index (χ0) is 25.3. The van der Waals surface area contributed by atoms with Crippen LogP contribution >= 0.6 is 23.2 Å². The molecule has 4 heterocycles. The molecule has 1 fully saturated rings. The molecule has 2 unspecified atom stereocenters. The molecular weight excluding hydrogens is 512 g/mol. The number of hydrogen-bond donors (Lipinski definition) is 4. The first kappa shape index (κ1) is 25.6. The maximum absolute atomic E-state index is 13.2. The van der Waals surface area contributed by atoms with Gasteiger partial charge in [-0.05, 0) is 74.3 Å². The van der Waals surface area contributed by atoms with Crippen molar-refractivity contribution in [1.82, 2.24) is 25.5 Å². The van der Waals surface area contributed by atoms with Crippen molar-refractivity contribution >= 4 is 39.9 Å². The van der Waals surface area contributed by atoms with Crippen molar-refractivity contribution in [2.45, 2.75) is 25.1 Å². The van der Waals surface area contributed by atoms with Gasteiger partial charge in [0.25, 0.3) is 0 Å². The first-order chi connectivity index (χ1) is 17.3. The molecule has 0 aliphatic carbocycles. The van der Waals surface area contributed by atoms with E-state index in [2.05, 4.69) is 30.8 Å². The molecule has 3 aromatic rings. The van der Waals surface area contributed by atoms with Gasteiger partial charge in [-0.15, -0.1) is 0 Å². The largest absolute Gasteiger partial charge is 0.434 e. The van der Waals surface area contributed by atoms with E-state index in [0.717, 1.165) is 50.0 Å². The molecule has 11 heteroatoms. The summed E-state index contributed by atoms with van der Waals surface area (Å²) in [7, 11) is 0. The zero-order valence-electron chi connectivity index (χ0n) is 19.7. The number of H-pyrrole nitrogens is 1. The predicted octanol–water partition coefficient (Wildman–Crippen LogP) is 5.10. The van der Waals surface area contributed by atoms with Crippen LogP contribution in [0, 0.1) is 5.92 Å². The predicted molar refractivity (Wildman–Crippen MR) is 138 cm³/mol. The van der Waals surface area contributed by atoms with Crippen LogP contribution in [-0.2, 0) is 12.6 Å². The highest BCUT2D eigenvalue weighted by Gasteiger charge is 2.35. The molecule has 2 aromatic heterocycles. The van der Waals surface area contributed by atoms with Crippen molar-refractivity contribution < 1.29 is 13.2 Å². The Morgan fingerprint density at radius 2 is 2.00 bits per heavy atom. The molecule has 2 aliphatic rings. The summed E-state index contributed by atoms with van der Waals surface area (Å²) in [6, 6.07) is 8.74. The molecule has 5 rings (SSSR count). The smallest absolute Gasteiger partial charge is 0.369 e. The number of fused-ring (bicyclic) bond motifs is 3. The van der Waals surface area contributed by atoms with Crippen molar-refractivity contribution in [2.75, 3.05) is 51.1 Å². The number of alkyl halides is 3. The van der Waals surface area contributed by atoms with Crippen LogP contribution in [0.15, 0.2) is 30.3 Å². The van der Waals surface area contributed by atoms with Crippen LogP contribution < -0.4 is 16.0 Å². The maximum Gasteiger partial charge on any atom is 0.434 e. The highest BCUT2D eigenvalue weighted by Crippen LogP contribution is 2.36. The van der Waals surface area contributed by atoms with E-state index < -0.39 is 16.9 Å². The SMILES string of the molecule is FC(F)(F)c1nc(NCCN2CCc3c([nH]c4ccc(Cl)cc34)C2CNCC2CCNC2)ccc1Cl. The summed E-state index contributed by atoms with van der Waals surface area (Å²) in [5.41, 5.74) is 2.47. The fourth-order valence-electron chi connectivity index (χ4n) is 5.27. The minimum atomic E-state index is -4.60. The number of benzene rings is 1. The van der Waals surface area contributed by atoms with Gasteiger partial charge in [0.1, 0.15) is 5.82 Å². The summed E-state index contributed by atoms with van der Waals surface area (Å²) in [5, 5.41) is 11.6. The Labute approximate surface area is 217 Å². The van der Waals surface area contributed by atoms with Gasteiger partial charge in [0.2, 0.25) is 0 Å². The Morgan fingerprint density at radius 1 is 1.14 bits per heavy atom. The quantitative estimate of drug-likeness (QED) is 0.320. The van der Waals surface area contributed by atoms with E-state index in [4.69, 9.17) is 23.2 Å². The number of aromatic amines is 1. The second-order valence-electron chi connectivity index (χ2n) is 9.48. The third-order valence-electron chi connectivity index (χ3n) is 7.08. The van der Waals surface area contributed by atoms with Crippen LogP contribution in [0.1, 0.15) is 29.4 Å². The molecule has 2 atom stereocenters. The summed E-state index contributed by atoms with van der Waals surface area (Å²) in [6.45, 7) is 5.78. The van der Waals surface area contributed by atoms with Crippen molar-refractivity contribution in [3.8, 4) is 0 Å². The standard InChI is InChI=1S/C25H29Cl2F3N6/c26-16-1-3-20-18(11-16)17-6-9-36(21(23(17)34-20)14-32-13-15-5-7-31-12-15)10-8-33-22-4-2-19(27)24(35-22)25(28,29)30/h1-4,11,15,21,31-32,34H,5-10,12-14H2,(H,33,35). The Balaban J connectivity index is 1.30. The molecule has 0 amide bonds. The van der Waals surface area contributed by atoms with E-state index >= 15 is 0 Å². The molecule has 36 heavy (non-hydrogen) atoms. The van der Waals surface area contributed by atoms with E-state index in [1.54, 1.807) is 0 Å². The minimum Gasteiger partial charge on any atom is -0.369 e. The van der Waals surface area contributed by atoms with Gasteiger partial charge in [0, 0.05) is 47.8 Å². The zero-order valence-corrected chi connectivity index (χ0v) is 21.2. The van der Waals surface area contributed by atoms with Crippen LogP contribution in [0.2, 0.25) is 10.0 Å². The Bertz CT molecular complexity index is 1210. The first-order valence-corrected chi connectivity index (χ1v) is 13.0. The number of nitrogens with one attached hydrogen (secondary N) is 4. The molecule has 6 nitrogen and oxygen atoms in total. The van der Waals surface area contributed by atoms with Gasteiger partial charge in [-0.25, -0.2) is 4.98 Å². The molecule has 0 bridgehead atoms. The van der Waals surface area contributed by atoms with Crippen LogP contribution in [0.4, 0.5) is 19.0 Å². The van der Waals surface area contributed by atoms with Crippen molar-refractivity contribution in [2.24, 2.45) is 5.92 Å². The number of nitrogens with zero attached hydrogens (tertiary/aromatic N) is 2. The highest BCUT2D eigenvalue weighted by atomic mass is 35.5. The Morgan fingerprint density at radius 3 is 2.78 bits per heavy atom. The Hall–Kier alpha value is -2.04. The van der Waals surface area contributed by atoms with E-state index in [1.807, 2.05) is 18.2 Å². The average Bonchev–Trinajstić information content (AvgIpc) is 3.48. The van der Waals surface area contributed by atoms with Gasteiger partial charge in [-0.2, -0.15) is 13.2 Å². The van der Waals surface area contributed by atoms with Gasteiger partial charge in [0.15, 0.2) is 5.69 Å².